The summed E-state index contributed by atoms with van der Waals surface area (Å²) in [5, 5.41) is 0. The summed E-state index contributed by atoms with van der Waals surface area (Å²) in [5.41, 5.74) is 6.97. The number of hydrogen-bond donors (Lipinski definition) is 1. The number of carbonyl (C=O) groups is 1. The first-order valence-corrected chi connectivity index (χ1v) is 6.17. The molecule has 1 fully saturated rings. The van der Waals surface area contributed by atoms with Crippen LogP contribution in [0.25, 0.3) is 0 Å². The fourth-order valence-electron chi connectivity index (χ4n) is 1.73. The summed E-state index contributed by atoms with van der Waals surface area (Å²) >= 11 is 3.34. The molecule has 0 heterocycles. The lowest BCUT2D eigenvalue weighted by molar-refractivity contribution is 0.0788. The van der Waals surface area contributed by atoms with Gasteiger partial charge in [-0.2, -0.15) is 0 Å². The van der Waals surface area contributed by atoms with Crippen LogP contribution < -0.4 is 5.73 Å². The van der Waals surface area contributed by atoms with Crippen molar-refractivity contribution in [2.45, 2.75) is 12.8 Å². The Morgan fingerprint density at radius 1 is 1.50 bits per heavy atom. The van der Waals surface area contributed by atoms with Crippen molar-refractivity contribution < 1.29 is 4.79 Å². The Labute approximate surface area is 104 Å². The fraction of sp³-hybridized carbons (Fsp3) is 0.417. The predicted molar refractivity (Wildman–Crippen MR) is 68.2 cm³/mol. The zero-order chi connectivity index (χ0) is 11.7. The summed E-state index contributed by atoms with van der Waals surface area (Å²) in [6, 6.07) is 5.32. The van der Waals surface area contributed by atoms with Crippen LogP contribution in [0.2, 0.25) is 0 Å². The van der Waals surface area contributed by atoms with E-state index >= 15 is 0 Å². The number of nitrogens with zero attached hydrogens (tertiary/aromatic N) is 1. The highest BCUT2D eigenvalue weighted by Crippen LogP contribution is 2.29. The molecule has 1 saturated carbocycles. The van der Waals surface area contributed by atoms with E-state index in [1.807, 2.05) is 13.1 Å². The number of nitrogens with two attached hydrogens (primary N) is 1. The third-order valence-electron chi connectivity index (χ3n) is 2.74. The number of anilines is 1. The Hall–Kier alpha value is -1.03. The number of halogens is 1. The van der Waals surface area contributed by atoms with Crippen LogP contribution in [-0.4, -0.2) is 24.4 Å². The van der Waals surface area contributed by atoms with Gasteiger partial charge in [0.25, 0.3) is 5.91 Å². The summed E-state index contributed by atoms with van der Waals surface area (Å²) in [5.74, 6) is 0.748. The van der Waals surface area contributed by atoms with Crippen molar-refractivity contribution >= 4 is 27.5 Å². The maximum atomic E-state index is 12.1. The Bertz CT molecular complexity index is 395. The minimum absolute atomic E-state index is 0.0416. The summed E-state index contributed by atoms with van der Waals surface area (Å²) in [6.45, 7) is 0.852. The quantitative estimate of drug-likeness (QED) is 0.866. The fourth-order valence-corrected chi connectivity index (χ4v) is 2.24. The van der Waals surface area contributed by atoms with Gasteiger partial charge < -0.3 is 10.6 Å². The molecule has 0 atom stereocenters. The van der Waals surface area contributed by atoms with Gasteiger partial charge in [-0.3, -0.25) is 4.79 Å². The van der Waals surface area contributed by atoms with Crippen LogP contribution in [0.1, 0.15) is 23.2 Å². The Balaban J connectivity index is 2.12. The summed E-state index contributed by atoms with van der Waals surface area (Å²) < 4.78 is 0.843. The molecule has 1 amide bonds. The monoisotopic (exact) mass is 282 g/mol. The average molecular weight is 283 g/mol. The van der Waals surface area contributed by atoms with E-state index < -0.39 is 0 Å². The maximum absolute atomic E-state index is 12.1. The zero-order valence-electron chi connectivity index (χ0n) is 9.24. The number of nitrogen functional groups attached to an aromatic ring is 1. The molecular weight excluding hydrogens is 268 g/mol. The molecule has 4 heteroatoms. The Morgan fingerprint density at radius 2 is 2.19 bits per heavy atom. The van der Waals surface area contributed by atoms with E-state index in [0.717, 1.165) is 11.0 Å². The molecule has 16 heavy (non-hydrogen) atoms. The summed E-state index contributed by atoms with van der Waals surface area (Å²) in [6.07, 6.45) is 2.50. The smallest absolute Gasteiger partial charge is 0.253 e. The van der Waals surface area contributed by atoms with Gasteiger partial charge in [-0.15, -0.1) is 0 Å². The van der Waals surface area contributed by atoms with E-state index in [0.29, 0.717) is 17.2 Å². The van der Waals surface area contributed by atoms with Crippen LogP contribution in [-0.2, 0) is 0 Å². The second-order valence-electron chi connectivity index (χ2n) is 4.40. The molecule has 1 aliphatic carbocycles. The van der Waals surface area contributed by atoms with Gasteiger partial charge in [-0.1, -0.05) is 15.9 Å². The highest BCUT2D eigenvalue weighted by Gasteiger charge is 2.25. The first kappa shape index (κ1) is 11.5. The molecule has 0 aliphatic heterocycles. The first-order chi connectivity index (χ1) is 7.56. The van der Waals surface area contributed by atoms with E-state index in [9.17, 15) is 4.79 Å². The zero-order valence-corrected chi connectivity index (χ0v) is 10.8. The lowest BCUT2D eigenvalue weighted by Gasteiger charge is -2.17. The van der Waals surface area contributed by atoms with Gasteiger partial charge in [-0.05, 0) is 37.0 Å². The van der Waals surface area contributed by atoms with Crippen LogP contribution in [0.3, 0.4) is 0 Å². The van der Waals surface area contributed by atoms with Gasteiger partial charge in [0, 0.05) is 29.3 Å². The molecule has 0 bridgehead atoms. The van der Waals surface area contributed by atoms with E-state index in [4.69, 9.17) is 5.73 Å². The van der Waals surface area contributed by atoms with Crippen molar-refractivity contribution in [3.8, 4) is 0 Å². The minimum atomic E-state index is 0.0416. The SMILES string of the molecule is CN(CC1CC1)C(=O)c1cc(N)cc(Br)c1. The lowest BCUT2D eigenvalue weighted by atomic mass is 10.2. The molecule has 2 N–H and O–H groups in total. The second-order valence-corrected chi connectivity index (χ2v) is 5.32. The van der Waals surface area contributed by atoms with Crippen LogP contribution in [0.5, 0.6) is 0 Å². The summed E-state index contributed by atoms with van der Waals surface area (Å²) in [4.78, 5) is 13.8. The number of benzene rings is 1. The van der Waals surface area contributed by atoms with Gasteiger partial charge >= 0.3 is 0 Å². The predicted octanol–water partition coefficient (Wildman–Crippen LogP) is 2.51. The Kier molecular flexibility index (Phi) is 3.19. The molecule has 2 rings (SSSR count). The number of hydrogen-bond acceptors (Lipinski definition) is 2. The third kappa shape index (κ3) is 2.76. The standard InChI is InChI=1S/C12H15BrN2O/c1-15(7-8-2-3-8)12(16)9-4-10(13)6-11(14)5-9/h4-6,8H,2-3,7,14H2,1H3. The third-order valence-corrected chi connectivity index (χ3v) is 3.20. The molecule has 0 spiro atoms. The Morgan fingerprint density at radius 3 is 2.75 bits per heavy atom. The highest BCUT2D eigenvalue weighted by molar-refractivity contribution is 9.10. The maximum Gasteiger partial charge on any atom is 0.253 e. The molecule has 0 saturated heterocycles. The first-order valence-electron chi connectivity index (χ1n) is 5.38. The van der Waals surface area contributed by atoms with Crippen LogP contribution in [0.4, 0.5) is 5.69 Å². The van der Waals surface area contributed by atoms with Crippen molar-refractivity contribution in [2.24, 2.45) is 5.92 Å². The van der Waals surface area contributed by atoms with Crippen LogP contribution >= 0.6 is 15.9 Å². The van der Waals surface area contributed by atoms with Gasteiger partial charge in [-0.25, -0.2) is 0 Å². The molecule has 0 radical (unpaired) electrons. The van der Waals surface area contributed by atoms with Crippen molar-refractivity contribution in [3.63, 3.8) is 0 Å². The van der Waals surface area contributed by atoms with Crippen molar-refractivity contribution in [1.82, 2.24) is 4.90 Å². The molecule has 86 valence electrons. The van der Waals surface area contributed by atoms with Gasteiger partial charge in [0.2, 0.25) is 0 Å². The number of amides is 1. The summed E-state index contributed by atoms with van der Waals surface area (Å²) in [7, 11) is 1.84. The van der Waals surface area contributed by atoms with Crippen molar-refractivity contribution in [2.75, 3.05) is 19.3 Å². The molecule has 1 aromatic carbocycles. The minimum Gasteiger partial charge on any atom is -0.399 e. The molecule has 0 unspecified atom stereocenters. The molecule has 3 nitrogen and oxygen atoms in total. The topological polar surface area (TPSA) is 46.3 Å². The highest BCUT2D eigenvalue weighted by atomic mass is 79.9. The van der Waals surface area contributed by atoms with E-state index in [1.54, 1.807) is 17.0 Å². The molecule has 1 aromatic rings. The lowest BCUT2D eigenvalue weighted by Crippen LogP contribution is -2.28. The van der Waals surface area contributed by atoms with Crippen LogP contribution in [0.15, 0.2) is 22.7 Å². The van der Waals surface area contributed by atoms with Crippen LogP contribution in [0, 0.1) is 5.92 Å². The number of rotatable bonds is 3. The van der Waals surface area contributed by atoms with Crippen molar-refractivity contribution in [1.29, 1.82) is 0 Å². The largest absolute Gasteiger partial charge is 0.399 e. The molecule has 1 aliphatic rings. The van der Waals surface area contributed by atoms with Gasteiger partial charge in [0.05, 0.1) is 0 Å². The van der Waals surface area contributed by atoms with E-state index in [-0.39, 0.29) is 5.91 Å². The second kappa shape index (κ2) is 4.45. The van der Waals surface area contributed by atoms with E-state index in [1.165, 1.54) is 12.8 Å². The normalized spacial score (nSPS) is 14.9. The number of carbonyl (C=O) groups excluding carboxylic acids is 1. The van der Waals surface area contributed by atoms with Gasteiger partial charge in [0.1, 0.15) is 0 Å². The molecule has 0 aromatic heterocycles. The van der Waals surface area contributed by atoms with Crippen molar-refractivity contribution in [3.05, 3.63) is 28.2 Å². The van der Waals surface area contributed by atoms with E-state index in [2.05, 4.69) is 15.9 Å². The van der Waals surface area contributed by atoms with Gasteiger partial charge in [0.15, 0.2) is 0 Å². The average Bonchev–Trinajstić information content (AvgIpc) is 2.99. The molecular formula is C12H15BrN2O.